The first-order valence-corrected chi connectivity index (χ1v) is 7.57. The van der Waals surface area contributed by atoms with E-state index in [1.165, 1.54) is 38.5 Å². The molecule has 0 bridgehead atoms. The first-order valence-electron chi connectivity index (χ1n) is 6.78. The topological polar surface area (TPSA) is 87.9 Å². The fraction of sp³-hybridized carbons (Fsp3) is 0.188. The molecule has 0 aromatic heterocycles. The Kier molecular flexibility index (Phi) is 5.75. The fourth-order valence-corrected chi connectivity index (χ4v) is 2.47. The zero-order valence-corrected chi connectivity index (χ0v) is 14.5. The van der Waals surface area contributed by atoms with Gasteiger partial charge in [0.05, 0.1) is 29.2 Å². The van der Waals surface area contributed by atoms with Crippen molar-refractivity contribution in [2.45, 2.75) is 6.61 Å². The van der Waals surface area contributed by atoms with Crippen molar-refractivity contribution in [2.24, 2.45) is 0 Å². The van der Waals surface area contributed by atoms with Crippen LogP contribution in [-0.2, 0) is 11.3 Å². The molecule has 0 atom stereocenters. The second-order valence-corrected chi connectivity index (χ2v) is 5.53. The van der Waals surface area contributed by atoms with E-state index in [1.807, 2.05) is 0 Å². The van der Waals surface area contributed by atoms with Gasteiger partial charge in [-0.05, 0) is 40.2 Å². The van der Waals surface area contributed by atoms with Crippen LogP contribution in [0.1, 0.15) is 15.9 Å². The smallest absolute Gasteiger partial charge is 0.338 e. The van der Waals surface area contributed by atoms with E-state index in [0.717, 1.165) is 0 Å². The Morgan fingerprint density at radius 2 is 1.75 bits per heavy atom. The van der Waals surface area contributed by atoms with Crippen LogP contribution in [-0.4, -0.2) is 25.1 Å². The summed E-state index contributed by atoms with van der Waals surface area (Å²) in [5.41, 5.74) is 0.766. The minimum absolute atomic E-state index is 0.0252. The predicted molar refractivity (Wildman–Crippen MR) is 89.5 cm³/mol. The molecule has 0 fully saturated rings. The maximum atomic E-state index is 12.0. The van der Waals surface area contributed by atoms with E-state index in [1.54, 1.807) is 12.1 Å². The molecule has 0 N–H and O–H groups in total. The number of hydrogen-bond acceptors (Lipinski definition) is 6. The maximum Gasteiger partial charge on any atom is 0.338 e. The molecule has 0 heterocycles. The normalized spacial score (nSPS) is 10.1. The summed E-state index contributed by atoms with van der Waals surface area (Å²) in [4.78, 5) is 22.1. The standard InChI is InChI=1S/C16H14BrNO6/c1-22-14-8-13(17)15(23-2)7-11(14)9-24-16(19)10-3-5-12(6-4-10)18(20)21/h3-8H,9H2,1-2H3. The number of non-ortho nitro benzene ring substituents is 1. The molecule has 0 aliphatic heterocycles. The number of nitro benzene ring substituents is 1. The number of nitro groups is 1. The van der Waals surface area contributed by atoms with Gasteiger partial charge in [0.2, 0.25) is 0 Å². The van der Waals surface area contributed by atoms with Gasteiger partial charge in [0.15, 0.2) is 0 Å². The van der Waals surface area contributed by atoms with Crippen LogP contribution in [0.25, 0.3) is 0 Å². The van der Waals surface area contributed by atoms with E-state index in [9.17, 15) is 14.9 Å². The molecular weight excluding hydrogens is 382 g/mol. The third-order valence-corrected chi connectivity index (χ3v) is 3.85. The lowest BCUT2D eigenvalue weighted by atomic mass is 10.2. The second-order valence-electron chi connectivity index (χ2n) is 4.68. The van der Waals surface area contributed by atoms with Crippen molar-refractivity contribution in [3.05, 3.63) is 62.1 Å². The number of rotatable bonds is 6. The highest BCUT2D eigenvalue weighted by Crippen LogP contribution is 2.33. The average molecular weight is 396 g/mol. The maximum absolute atomic E-state index is 12.0. The Labute approximate surface area is 146 Å². The van der Waals surface area contributed by atoms with Crippen LogP contribution in [0.4, 0.5) is 5.69 Å². The van der Waals surface area contributed by atoms with Gasteiger partial charge in [0.1, 0.15) is 18.1 Å². The number of hydrogen-bond donors (Lipinski definition) is 0. The number of carbonyl (C=O) groups is 1. The van der Waals surface area contributed by atoms with Crippen molar-refractivity contribution >= 4 is 27.6 Å². The highest BCUT2D eigenvalue weighted by Gasteiger charge is 2.14. The molecule has 24 heavy (non-hydrogen) atoms. The van der Waals surface area contributed by atoms with Crippen LogP contribution in [0.3, 0.4) is 0 Å². The van der Waals surface area contributed by atoms with Gasteiger partial charge in [-0.25, -0.2) is 4.79 Å². The minimum Gasteiger partial charge on any atom is -0.496 e. The van der Waals surface area contributed by atoms with Crippen molar-refractivity contribution in [3.8, 4) is 11.5 Å². The molecule has 2 rings (SSSR count). The number of nitrogens with zero attached hydrogens (tertiary/aromatic N) is 1. The highest BCUT2D eigenvalue weighted by molar-refractivity contribution is 9.10. The SMILES string of the molecule is COc1cc(COC(=O)c2ccc([N+](=O)[O-])cc2)c(OC)cc1Br. The van der Waals surface area contributed by atoms with E-state index in [0.29, 0.717) is 21.5 Å². The summed E-state index contributed by atoms with van der Waals surface area (Å²) in [5.74, 6) is 0.533. The Bertz CT molecular complexity index is 760. The summed E-state index contributed by atoms with van der Waals surface area (Å²) >= 11 is 3.35. The van der Waals surface area contributed by atoms with Crippen molar-refractivity contribution in [3.63, 3.8) is 0 Å². The van der Waals surface area contributed by atoms with Crippen LogP contribution in [0.15, 0.2) is 40.9 Å². The van der Waals surface area contributed by atoms with Crippen molar-refractivity contribution in [2.75, 3.05) is 14.2 Å². The minimum atomic E-state index is -0.589. The van der Waals surface area contributed by atoms with Gasteiger partial charge in [0, 0.05) is 17.7 Å². The molecule has 0 spiro atoms. The number of carbonyl (C=O) groups excluding carboxylic acids is 1. The Morgan fingerprint density at radius 3 is 2.29 bits per heavy atom. The van der Waals surface area contributed by atoms with E-state index in [-0.39, 0.29) is 17.9 Å². The lowest BCUT2D eigenvalue weighted by Gasteiger charge is -2.12. The largest absolute Gasteiger partial charge is 0.496 e. The Hall–Kier alpha value is -2.61. The third-order valence-electron chi connectivity index (χ3n) is 3.23. The quantitative estimate of drug-likeness (QED) is 0.420. The molecule has 126 valence electrons. The number of ether oxygens (including phenoxy) is 3. The summed E-state index contributed by atoms with van der Waals surface area (Å²) in [6, 6.07) is 8.61. The Morgan fingerprint density at radius 1 is 1.12 bits per heavy atom. The fourth-order valence-electron chi connectivity index (χ4n) is 1.98. The molecule has 0 radical (unpaired) electrons. The van der Waals surface area contributed by atoms with Crippen LogP contribution >= 0.6 is 15.9 Å². The van der Waals surface area contributed by atoms with Crippen LogP contribution in [0.2, 0.25) is 0 Å². The molecule has 8 heteroatoms. The molecule has 7 nitrogen and oxygen atoms in total. The molecule has 0 aliphatic rings. The van der Waals surface area contributed by atoms with Crippen molar-refractivity contribution in [1.29, 1.82) is 0 Å². The number of halogens is 1. The number of esters is 1. The second kappa shape index (κ2) is 7.78. The zero-order valence-electron chi connectivity index (χ0n) is 12.9. The van der Waals surface area contributed by atoms with Crippen LogP contribution in [0, 0.1) is 10.1 Å². The highest BCUT2D eigenvalue weighted by atomic mass is 79.9. The van der Waals surface area contributed by atoms with Crippen molar-refractivity contribution < 1.29 is 23.9 Å². The average Bonchev–Trinajstić information content (AvgIpc) is 2.60. The summed E-state index contributed by atoms with van der Waals surface area (Å²) in [6.45, 7) is -0.0252. The van der Waals surface area contributed by atoms with Gasteiger partial charge in [0.25, 0.3) is 5.69 Å². The first kappa shape index (κ1) is 17.7. The van der Waals surface area contributed by atoms with Crippen molar-refractivity contribution in [1.82, 2.24) is 0 Å². The summed E-state index contributed by atoms with van der Waals surface area (Å²) in [5, 5.41) is 10.6. The molecule has 0 saturated heterocycles. The first-order chi connectivity index (χ1) is 11.5. The lowest BCUT2D eigenvalue weighted by molar-refractivity contribution is -0.384. The molecule has 0 saturated carbocycles. The van der Waals surface area contributed by atoms with Gasteiger partial charge in [-0.3, -0.25) is 10.1 Å². The van der Waals surface area contributed by atoms with Gasteiger partial charge in [-0.15, -0.1) is 0 Å². The molecule has 0 amide bonds. The molecule has 0 unspecified atom stereocenters. The van der Waals surface area contributed by atoms with Gasteiger partial charge < -0.3 is 14.2 Å². The summed E-state index contributed by atoms with van der Waals surface area (Å²) in [7, 11) is 3.04. The molecule has 2 aromatic rings. The van der Waals surface area contributed by atoms with E-state index in [4.69, 9.17) is 14.2 Å². The van der Waals surface area contributed by atoms with Crippen LogP contribution in [0.5, 0.6) is 11.5 Å². The lowest BCUT2D eigenvalue weighted by Crippen LogP contribution is -2.06. The number of methoxy groups -OCH3 is 2. The summed E-state index contributed by atoms with van der Waals surface area (Å²) in [6.07, 6.45) is 0. The monoisotopic (exact) mass is 395 g/mol. The summed E-state index contributed by atoms with van der Waals surface area (Å²) < 4.78 is 16.4. The predicted octanol–water partition coefficient (Wildman–Crippen LogP) is 3.73. The number of benzene rings is 2. The van der Waals surface area contributed by atoms with Gasteiger partial charge >= 0.3 is 5.97 Å². The van der Waals surface area contributed by atoms with Gasteiger partial charge in [-0.2, -0.15) is 0 Å². The van der Waals surface area contributed by atoms with E-state index >= 15 is 0 Å². The van der Waals surface area contributed by atoms with Crippen LogP contribution < -0.4 is 9.47 Å². The third kappa shape index (κ3) is 4.02. The van der Waals surface area contributed by atoms with E-state index in [2.05, 4.69) is 15.9 Å². The van der Waals surface area contributed by atoms with E-state index < -0.39 is 10.9 Å². The zero-order chi connectivity index (χ0) is 17.7. The Balaban J connectivity index is 2.12. The molecular formula is C16H14BrNO6. The molecule has 0 aliphatic carbocycles. The van der Waals surface area contributed by atoms with Gasteiger partial charge in [-0.1, -0.05) is 0 Å². The molecule has 2 aromatic carbocycles.